The van der Waals surface area contributed by atoms with Gasteiger partial charge in [0.15, 0.2) is 0 Å². The molecule has 1 saturated carbocycles. The van der Waals surface area contributed by atoms with E-state index in [0.717, 1.165) is 23.3 Å². The molecule has 3 heterocycles. The highest BCUT2D eigenvalue weighted by Crippen LogP contribution is 2.52. The summed E-state index contributed by atoms with van der Waals surface area (Å²) >= 11 is 0. The van der Waals surface area contributed by atoms with Crippen LogP contribution in [0.1, 0.15) is 44.6 Å². The fourth-order valence-corrected chi connectivity index (χ4v) is 3.95. The van der Waals surface area contributed by atoms with Crippen LogP contribution in [0, 0.1) is 11.8 Å². The summed E-state index contributed by atoms with van der Waals surface area (Å²) in [5.74, 6) is 4.36. The quantitative estimate of drug-likeness (QED) is 0.809. The van der Waals surface area contributed by atoms with Gasteiger partial charge in [0.25, 0.3) is 0 Å². The van der Waals surface area contributed by atoms with Crippen LogP contribution >= 0.6 is 0 Å². The molecule has 4 bridgehead atoms. The van der Waals surface area contributed by atoms with Crippen LogP contribution in [-0.4, -0.2) is 12.2 Å². The summed E-state index contributed by atoms with van der Waals surface area (Å²) in [6, 6.07) is 6.26. The Hall–Kier alpha value is -1.02. The number of benzene rings is 1. The molecule has 4 aliphatic rings. The molecule has 1 aromatic rings. The highest BCUT2D eigenvalue weighted by molar-refractivity contribution is 5.56. The van der Waals surface area contributed by atoms with Gasteiger partial charge in [0.2, 0.25) is 0 Å². The van der Waals surface area contributed by atoms with E-state index in [0.29, 0.717) is 18.1 Å². The first kappa shape index (κ1) is 10.9. The highest BCUT2D eigenvalue weighted by Gasteiger charge is 2.43. The lowest BCUT2D eigenvalue weighted by Crippen LogP contribution is -2.47. The van der Waals surface area contributed by atoms with Gasteiger partial charge in [-0.3, -0.25) is 0 Å². The van der Waals surface area contributed by atoms with Crippen LogP contribution in [0.15, 0.2) is 18.2 Å². The predicted molar refractivity (Wildman–Crippen MR) is 70.1 cm³/mol. The maximum atomic E-state index is 5.75. The fraction of sp³-hybridized carbons (Fsp3) is 0.625. The van der Waals surface area contributed by atoms with Crippen LogP contribution in [0.2, 0.25) is 0 Å². The third-order valence-corrected chi connectivity index (χ3v) is 5.28. The molecule has 1 aromatic carbocycles. The van der Waals surface area contributed by atoms with Gasteiger partial charge in [0.1, 0.15) is 11.5 Å². The van der Waals surface area contributed by atoms with Crippen molar-refractivity contribution in [1.29, 1.82) is 0 Å². The lowest BCUT2D eigenvalue weighted by molar-refractivity contribution is -0.179. The number of ether oxygens (including phenoxy) is 2. The van der Waals surface area contributed by atoms with E-state index in [1.165, 1.54) is 24.8 Å². The van der Waals surface area contributed by atoms with Gasteiger partial charge in [0.05, 0.1) is 12.2 Å². The van der Waals surface area contributed by atoms with Crippen molar-refractivity contribution < 1.29 is 9.47 Å². The summed E-state index contributed by atoms with van der Waals surface area (Å²) in [6.45, 7) is 4.77. The zero-order valence-corrected chi connectivity index (χ0v) is 11.1. The first-order chi connectivity index (χ1) is 8.72. The number of fused-ring (bicyclic) bond motifs is 4. The van der Waals surface area contributed by atoms with Crippen molar-refractivity contribution in [1.82, 2.24) is 0 Å². The molecule has 18 heavy (non-hydrogen) atoms. The third-order valence-electron chi connectivity index (χ3n) is 5.28. The van der Waals surface area contributed by atoms with Gasteiger partial charge in [0, 0.05) is 5.56 Å². The van der Waals surface area contributed by atoms with Crippen molar-refractivity contribution >= 4 is 0 Å². The number of rotatable bonds is 3. The number of hydrogen-bond acceptors (Lipinski definition) is 2. The highest BCUT2D eigenvalue weighted by atomic mass is 16.5. The van der Waals surface area contributed by atoms with Gasteiger partial charge >= 0.3 is 0 Å². The maximum absolute atomic E-state index is 5.75. The lowest BCUT2D eigenvalue weighted by atomic mass is 9.69. The SMILES string of the molecule is C[C@H](c1c2cccc1O2)[C@@H](C)C1CC2CC(C1)O2. The monoisotopic (exact) mass is 244 g/mol. The fourth-order valence-electron chi connectivity index (χ4n) is 3.95. The minimum absolute atomic E-state index is 0.567. The van der Waals surface area contributed by atoms with Gasteiger partial charge in [-0.2, -0.15) is 0 Å². The summed E-state index contributed by atoms with van der Waals surface area (Å²) in [5, 5.41) is 0. The van der Waals surface area contributed by atoms with Gasteiger partial charge in [-0.25, -0.2) is 0 Å². The minimum atomic E-state index is 0.567. The maximum Gasteiger partial charge on any atom is 0.134 e. The zero-order valence-electron chi connectivity index (χ0n) is 11.1. The van der Waals surface area contributed by atoms with Crippen LogP contribution in [-0.2, 0) is 4.74 Å². The molecule has 3 fully saturated rings. The van der Waals surface area contributed by atoms with Gasteiger partial charge in [-0.15, -0.1) is 0 Å². The van der Waals surface area contributed by atoms with Crippen LogP contribution in [0.3, 0.4) is 0 Å². The van der Waals surface area contributed by atoms with Crippen LogP contribution < -0.4 is 4.74 Å². The molecule has 2 heteroatoms. The first-order valence-corrected chi connectivity index (χ1v) is 7.18. The molecule has 0 amide bonds. The van der Waals surface area contributed by atoms with E-state index in [1.807, 2.05) is 0 Å². The normalized spacial score (nSPS) is 34.9. The lowest BCUT2D eigenvalue weighted by Gasteiger charge is -2.48. The average Bonchev–Trinajstić information content (AvgIpc) is 2.38. The molecule has 2 saturated heterocycles. The van der Waals surface area contributed by atoms with Gasteiger partial charge < -0.3 is 9.47 Å². The van der Waals surface area contributed by atoms with Gasteiger partial charge in [-0.1, -0.05) is 19.9 Å². The molecular weight excluding hydrogens is 224 g/mol. The summed E-state index contributed by atoms with van der Waals surface area (Å²) < 4.78 is 11.4. The standard InChI is InChI=1S/C16H20O2/c1-9(11-6-12-8-13(7-11)17-12)10(2)16-14-4-3-5-15(16)18-14/h3-5,9-13H,6-8H2,1-2H3/t9-,10+,11?,12?,13?/m1/s1. The molecular formula is C16H20O2. The molecule has 0 radical (unpaired) electrons. The smallest absolute Gasteiger partial charge is 0.134 e. The van der Waals surface area contributed by atoms with Crippen LogP contribution in [0.5, 0.6) is 11.5 Å². The van der Waals surface area contributed by atoms with E-state index in [-0.39, 0.29) is 0 Å². The van der Waals surface area contributed by atoms with Crippen molar-refractivity contribution in [2.24, 2.45) is 11.8 Å². The van der Waals surface area contributed by atoms with Crippen molar-refractivity contribution in [3.05, 3.63) is 23.8 Å². The van der Waals surface area contributed by atoms with E-state index in [4.69, 9.17) is 9.47 Å². The molecule has 0 N–H and O–H groups in total. The van der Waals surface area contributed by atoms with Gasteiger partial charge in [-0.05, 0) is 49.1 Å². The molecule has 96 valence electrons. The second kappa shape index (κ2) is 3.74. The molecule has 0 spiro atoms. The second-order valence-corrected chi connectivity index (χ2v) is 6.27. The Balaban J connectivity index is 1.52. The van der Waals surface area contributed by atoms with E-state index in [1.54, 1.807) is 0 Å². The summed E-state index contributed by atoms with van der Waals surface area (Å²) in [6.07, 6.45) is 4.97. The Morgan fingerprint density at radius 1 is 1.06 bits per heavy atom. The molecule has 1 aliphatic carbocycles. The molecule has 5 rings (SSSR count). The zero-order chi connectivity index (χ0) is 12.3. The molecule has 4 atom stereocenters. The predicted octanol–water partition coefficient (Wildman–Crippen LogP) is 4.10. The van der Waals surface area contributed by atoms with Crippen molar-refractivity contribution in [2.75, 3.05) is 0 Å². The Bertz CT molecular complexity index is 446. The molecule has 0 aromatic heterocycles. The molecule has 3 aliphatic heterocycles. The summed E-state index contributed by atoms with van der Waals surface area (Å²) in [7, 11) is 0. The average molecular weight is 244 g/mol. The minimum Gasteiger partial charge on any atom is -0.456 e. The molecule has 2 nitrogen and oxygen atoms in total. The van der Waals surface area contributed by atoms with Crippen molar-refractivity contribution in [2.45, 2.75) is 51.2 Å². The number of hydrogen-bond donors (Lipinski definition) is 0. The largest absolute Gasteiger partial charge is 0.456 e. The Morgan fingerprint density at radius 2 is 1.67 bits per heavy atom. The van der Waals surface area contributed by atoms with E-state index in [9.17, 15) is 0 Å². The first-order valence-electron chi connectivity index (χ1n) is 7.18. The van der Waals surface area contributed by atoms with Crippen molar-refractivity contribution in [3.63, 3.8) is 0 Å². The molecule has 2 unspecified atom stereocenters. The Morgan fingerprint density at radius 3 is 2.22 bits per heavy atom. The van der Waals surface area contributed by atoms with Crippen molar-refractivity contribution in [3.8, 4) is 11.5 Å². The van der Waals surface area contributed by atoms with Crippen LogP contribution in [0.4, 0.5) is 0 Å². The topological polar surface area (TPSA) is 18.5 Å². The summed E-state index contributed by atoms with van der Waals surface area (Å²) in [4.78, 5) is 0. The second-order valence-electron chi connectivity index (χ2n) is 6.27. The van der Waals surface area contributed by atoms with E-state index in [2.05, 4.69) is 32.0 Å². The summed E-state index contributed by atoms with van der Waals surface area (Å²) in [5.41, 5.74) is 1.45. The van der Waals surface area contributed by atoms with Crippen LogP contribution in [0.25, 0.3) is 0 Å². The Kier molecular flexibility index (Phi) is 2.25. The van der Waals surface area contributed by atoms with E-state index >= 15 is 0 Å². The van der Waals surface area contributed by atoms with E-state index < -0.39 is 0 Å². The Labute approximate surface area is 108 Å². The third kappa shape index (κ3) is 1.45.